The van der Waals surface area contributed by atoms with Gasteiger partial charge in [-0.1, -0.05) is 12.8 Å². The second kappa shape index (κ2) is 5.01. The van der Waals surface area contributed by atoms with Gasteiger partial charge in [0.05, 0.1) is 5.60 Å². The van der Waals surface area contributed by atoms with E-state index < -0.39 is 5.60 Å². The second-order valence-corrected chi connectivity index (χ2v) is 4.83. The Kier molecular flexibility index (Phi) is 3.66. The van der Waals surface area contributed by atoms with Crippen LogP contribution in [0.1, 0.15) is 25.7 Å². The molecule has 0 spiro atoms. The molecular formula is C11H21N3O2. The minimum absolute atomic E-state index is 0.0291. The molecule has 2 aliphatic rings. The number of aliphatic hydroxyl groups is 1. The molecule has 0 atom stereocenters. The first-order valence-electron chi connectivity index (χ1n) is 6.16. The molecule has 92 valence electrons. The van der Waals surface area contributed by atoms with Crippen molar-refractivity contribution < 1.29 is 9.90 Å². The molecule has 0 aromatic rings. The van der Waals surface area contributed by atoms with E-state index in [1.54, 1.807) is 4.90 Å². The summed E-state index contributed by atoms with van der Waals surface area (Å²) in [5, 5.41) is 16.1. The van der Waals surface area contributed by atoms with Crippen LogP contribution in [0.4, 0.5) is 4.79 Å². The largest absolute Gasteiger partial charge is 0.389 e. The summed E-state index contributed by atoms with van der Waals surface area (Å²) in [6, 6.07) is 0.0291. The normalized spacial score (nSPS) is 23.8. The molecule has 0 radical (unpaired) electrons. The average molecular weight is 227 g/mol. The van der Waals surface area contributed by atoms with Gasteiger partial charge in [0.25, 0.3) is 0 Å². The summed E-state index contributed by atoms with van der Waals surface area (Å²) < 4.78 is 0. The maximum atomic E-state index is 11.2. The second-order valence-electron chi connectivity index (χ2n) is 4.83. The van der Waals surface area contributed by atoms with Gasteiger partial charge in [0.15, 0.2) is 0 Å². The van der Waals surface area contributed by atoms with Crippen molar-refractivity contribution in [2.24, 2.45) is 0 Å². The first-order chi connectivity index (χ1) is 7.70. The molecule has 16 heavy (non-hydrogen) atoms. The highest BCUT2D eigenvalue weighted by molar-refractivity contribution is 5.76. The number of hydrogen-bond donors (Lipinski definition) is 3. The maximum Gasteiger partial charge on any atom is 0.317 e. The minimum Gasteiger partial charge on any atom is -0.389 e. The van der Waals surface area contributed by atoms with Crippen LogP contribution in [0.3, 0.4) is 0 Å². The summed E-state index contributed by atoms with van der Waals surface area (Å²) in [5.74, 6) is 0. The highest BCUT2D eigenvalue weighted by atomic mass is 16.3. The molecule has 2 fully saturated rings. The summed E-state index contributed by atoms with van der Waals surface area (Å²) >= 11 is 0. The molecule has 2 amide bonds. The van der Waals surface area contributed by atoms with E-state index in [9.17, 15) is 9.90 Å². The van der Waals surface area contributed by atoms with Crippen LogP contribution >= 0.6 is 0 Å². The van der Waals surface area contributed by atoms with Crippen LogP contribution in [0.25, 0.3) is 0 Å². The van der Waals surface area contributed by atoms with Gasteiger partial charge in [0, 0.05) is 32.7 Å². The Morgan fingerprint density at radius 1 is 1.44 bits per heavy atom. The first kappa shape index (κ1) is 11.7. The van der Waals surface area contributed by atoms with Crippen molar-refractivity contribution in [1.29, 1.82) is 0 Å². The minimum atomic E-state index is -0.493. The van der Waals surface area contributed by atoms with Gasteiger partial charge in [-0.3, -0.25) is 0 Å². The number of carbonyl (C=O) groups is 1. The van der Waals surface area contributed by atoms with Crippen LogP contribution in [0, 0.1) is 0 Å². The van der Waals surface area contributed by atoms with Crippen LogP contribution in [0.15, 0.2) is 0 Å². The third-order valence-electron chi connectivity index (χ3n) is 3.49. The molecule has 3 N–H and O–H groups in total. The molecule has 1 saturated carbocycles. The SMILES string of the molecule is O=C1NCCN1CCNCC1(O)CCCC1. The lowest BCUT2D eigenvalue weighted by molar-refractivity contribution is 0.0476. The van der Waals surface area contributed by atoms with Crippen LogP contribution < -0.4 is 10.6 Å². The number of amides is 2. The predicted molar refractivity (Wildman–Crippen MR) is 61.3 cm³/mol. The number of carbonyl (C=O) groups excluding carboxylic acids is 1. The lowest BCUT2D eigenvalue weighted by Crippen LogP contribution is -2.41. The van der Waals surface area contributed by atoms with Gasteiger partial charge in [-0.25, -0.2) is 4.79 Å². The van der Waals surface area contributed by atoms with E-state index in [1.807, 2.05) is 0 Å². The monoisotopic (exact) mass is 227 g/mol. The standard InChI is InChI=1S/C11H21N3O2/c15-10-13-6-8-14(10)7-5-12-9-11(16)3-1-2-4-11/h12,16H,1-9H2,(H,13,15). The molecule has 5 nitrogen and oxygen atoms in total. The summed E-state index contributed by atoms with van der Waals surface area (Å²) in [6.45, 7) is 3.69. The molecule has 2 rings (SSSR count). The number of nitrogens with one attached hydrogen (secondary N) is 2. The van der Waals surface area contributed by atoms with E-state index in [0.717, 1.165) is 51.9 Å². The molecule has 0 bridgehead atoms. The van der Waals surface area contributed by atoms with Crippen LogP contribution in [-0.2, 0) is 0 Å². The molecule has 1 heterocycles. The molecule has 0 aromatic heterocycles. The van der Waals surface area contributed by atoms with Crippen LogP contribution in [0.2, 0.25) is 0 Å². The average Bonchev–Trinajstić information content (AvgIpc) is 2.84. The number of hydrogen-bond acceptors (Lipinski definition) is 3. The third kappa shape index (κ3) is 2.86. The fourth-order valence-corrected chi connectivity index (χ4v) is 2.47. The van der Waals surface area contributed by atoms with Gasteiger partial charge in [-0.15, -0.1) is 0 Å². The number of nitrogens with zero attached hydrogens (tertiary/aromatic N) is 1. The van der Waals surface area contributed by atoms with Gasteiger partial charge in [-0.05, 0) is 12.8 Å². The van der Waals surface area contributed by atoms with E-state index in [-0.39, 0.29) is 6.03 Å². The number of urea groups is 1. The van der Waals surface area contributed by atoms with E-state index >= 15 is 0 Å². The molecule has 1 aliphatic carbocycles. The summed E-state index contributed by atoms with van der Waals surface area (Å²) in [7, 11) is 0. The highest BCUT2D eigenvalue weighted by Crippen LogP contribution is 2.28. The first-order valence-corrected chi connectivity index (χ1v) is 6.16. The molecular weight excluding hydrogens is 206 g/mol. The van der Waals surface area contributed by atoms with Crippen molar-refractivity contribution in [3.05, 3.63) is 0 Å². The van der Waals surface area contributed by atoms with Crippen LogP contribution in [-0.4, -0.2) is 54.4 Å². The zero-order chi connectivity index (χ0) is 11.4. The van der Waals surface area contributed by atoms with Crippen molar-refractivity contribution in [3.8, 4) is 0 Å². The highest BCUT2D eigenvalue weighted by Gasteiger charge is 2.30. The Morgan fingerprint density at radius 2 is 2.19 bits per heavy atom. The van der Waals surface area contributed by atoms with Gasteiger partial charge >= 0.3 is 6.03 Å². The van der Waals surface area contributed by atoms with E-state index in [4.69, 9.17) is 0 Å². The summed E-state index contributed by atoms with van der Waals surface area (Å²) in [4.78, 5) is 13.0. The van der Waals surface area contributed by atoms with E-state index in [1.165, 1.54) is 0 Å². The van der Waals surface area contributed by atoms with E-state index in [2.05, 4.69) is 10.6 Å². The quantitative estimate of drug-likeness (QED) is 0.575. The Bertz CT molecular complexity index is 252. The van der Waals surface area contributed by atoms with Crippen molar-refractivity contribution in [1.82, 2.24) is 15.5 Å². The van der Waals surface area contributed by atoms with E-state index in [0.29, 0.717) is 6.54 Å². The Labute approximate surface area is 96.2 Å². The molecule has 1 saturated heterocycles. The molecule has 1 aliphatic heterocycles. The van der Waals surface area contributed by atoms with Gasteiger partial charge in [0.1, 0.15) is 0 Å². The molecule has 0 unspecified atom stereocenters. The zero-order valence-electron chi connectivity index (χ0n) is 9.67. The molecule has 5 heteroatoms. The predicted octanol–water partition coefficient (Wildman–Crippen LogP) is -0.0937. The zero-order valence-corrected chi connectivity index (χ0v) is 9.67. The van der Waals surface area contributed by atoms with Crippen molar-refractivity contribution in [2.75, 3.05) is 32.7 Å². The van der Waals surface area contributed by atoms with Crippen molar-refractivity contribution in [3.63, 3.8) is 0 Å². The number of rotatable bonds is 5. The fourth-order valence-electron chi connectivity index (χ4n) is 2.47. The lowest BCUT2D eigenvalue weighted by atomic mass is 10.0. The fraction of sp³-hybridized carbons (Fsp3) is 0.909. The Morgan fingerprint density at radius 3 is 2.81 bits per heavy atom. The smallest absolute Gasteiger partial charge is 0.317 e. The molecule has 0 aromatic carbocycles. The van der Waals surface area contributed by atoms with Crippen molar-refractivity contribution >= 4 is 6.03 Å². The Hall–Kier alpha value is -0.810. The summed E-state index contributed by atoms with van der Waals surface area (Å²) in [6.07, 6.45) is 4.08. The maximum absolute atomic E-state index is 11.2. The third-order valence-corrected chi connectivity index (χ3v) is 3.49. The van der Waals surface area contributed by atoms with Crippen molar-refractivity contribution in [2.45, 2.75) is 31.3 Å². The topological polar surface area (TPSA) is 64.6 Å². The van der Waals surface area contributed by atoms with Gasteiger partial charge < -0.3 is 20.6 Å². The Balaban J connectivity index is 1.59. The lowest BCUT2D eigenvalue weighted by Gasteiger charge is -2.23. The van der Waals surface area contributed by atoms with Gasteiger partial charge in [-0.2, -0.15) is 0 Å². The van der Waals surface area contributed by atoms with Crippen LogP contribution in [0.5, 0.6) is 0 Å². The summed E-state index contributed by atoms with van der Waals surface area (Å²) in [5.41, 5.74) is -0.493. The van der Waals surface area contributed by atoms with Gasteiger partial charge in [0.2, 0.25) is 0 Å².